The van der Waals surface area contributed by atoms with Crippen molar-refractivity contribution in [2.45, 2.75) is 26.7 Å². The van der Waals surface area contributed by atoms with Crippen LogP contribution in [0, 0.1) is 5.41 Å². The van der Waals surface area contributed by atoms with Crippen LogP contribution in [0.25, 0.3) is 0 Å². The molecule has 0 spiro atoms. The lowest BCUT2D eigenvalue weighted by Gasteiger charge is -2.38. The monoisotopic (exact) mass is 264 g/mol. The highest BCUT2D eigenvalue weighted by molar-refractivity contribution is 5.85. The summed E-state index contributed by atoms with van der Waals surface area (Å²) in [6.45, 7) is 8.07. The number of amides is 1. The molecule has 1 rings (SSSR count). The molecule has 1 saturated heterocycles. The number of piperidine rings is 1. The molecule has 0 aromatic carbocycles. The summed E-state index contributed by atoms with van der Waals surface area (Å²) in [6.07, 6.45) is 2.34. The SMILES string of the molecule is COCCNCC(=O)N1CCCC(C)(C)C1.Cl. The van der Waals surface area contributed by atoms with Gasteiger partial charge in [0.05, 0.1) is 13.2 Å². The van der Waals surface area contributed by atoms with E-state index in [0.717, 1.165) is 26.1 Å². The van der Waals surface area contributed by atoms with Gasteiger partial charge in [0.1, 0.15) is 0 Å². The van der Waals surface area contributed by atoms with Gasteiger partial charge in [-0.3, -0.25) is 4.79 Å². The van der Waals surface area contributed by atoms with Gasteiger partial charge in [0.25, 0.3) is 0 Å². The van der Waals surface area contributed by atoms with Crippen molar-refractivity contribution in [3.8, 4) is 0 Å². The van der Waals surface area contributed by atoms with Gasteiger partial charge >= 0.3 is 0 Å². The van der Waals surface area contributed by atoms with E-state index in [1.165, 1.54) is 6.42 Å². The fourth-order valence-electron chi connectivity index (χ4n) is 2.12. The molecule has 1 N–H and O–H groups in total. The molecule has 1 aliphatic rings. The van der Waals surface area contributed by atoms with Gasteiger partial charge in [-0.2, -0.15) is 0 Å². The normalized spacial score (nSPS) is 18.6. The number of methoxy groups -OCH3 is 1. The Hall–Kier alpha value is -0.320. The Morgan fingerprint density at radius 2 is 2.18 bits per heavy atom. The molecule has 17 heavy (non-hydrogen) atoms. The molecular weight excluding hydrogens is 240 g/mol. The number of hydrogen-bond acceptors (Lipinski definition) is 3. The quantitative estimate of drug-likeness (QED) is 0.761. The predicted octanol–water partition coefficient (Wildman–Crippen LogP) is 1.29. The van der Waals surface area contributed by atoms with Crippen molar-refractivity contribution >= 4 is 18.3 Å². The molecule has 102 valence electrons. The zero-order valence-electron chi connectivity index (χ0n) is 11.1. The minimum Gasteiger partial charge on any atom is -0.383 e. The number of hydrogen-bond donors (Lipinski definition) is 1. The first-order valence-electron chi connectivity index (χ1n) is 6.02. The number of nitrogens with one attached hydrogen (secondary N) is 1. The first-order chi connectivity index (χ1) is 7.55. The lowest BCUT2D eigenvalue weighted by Crippen LogP contribution is -2.47. The van der Waals surface area contributed by atoms with E-state index in [2.05, 4.69) is 19.2 Å². The molecule has 0 saturated carbocycles. The first kappa shape index (κ1) is 16.7. The van der Waals surface area contributed by atoms with Gasteiger partial charge in [0.15, 0.2) is 0 Å². The van der Waals surface area contributed by atoms with Crippen LogP contribution in [0.15, 0.2) is 0 Å². The Balaban J connectivity index is 0.00000256. The number of rotatable bonds is 5. The number of carbonyl (C=O) groups excluding carboxylic acids is 1. The maximum absolute atomic E-state index is 11.9. The third-order valence-corrected chi connectivity index (χ3v) is 3.01. The molecule has 4 nitrogen and oxygen atoms in total. The summed E-state index contributed by atoms with van der Waals surface area (Å²) in [5.41, 5.74) is 0.278. The van der Waals surface area contributed by atoms with Crippen molar-refractivity contribution in [3.05, 3.63) is 0 Å². The molecule has 1 amide bonds. The summed E-state index contributed by atoms with van der Waals surface area (Å²) >= 11 is 0. The summed E-state index contributed by atoms with van der Waals surface area (Å²) in [5.74, 6) is 0.212. The number of carbonyl (C=O) groups is 1. The van der Waals surface area contributed by atoms with Crippen molar-refractivity contribution in [2.75, 3.05) is 39.9 Å². The summed E-state index contributed by atoms with van der Waals surface area (Å²) in [5, 5.41) is 3.09. The number of halogens is 1. The van der Waals surface area contributed by atoms with Crippen LogP contribution in [0.5, 0.6) is 0 Å². The smallest absolute Gasteiger partial charge is 0.236 e. The van der Waals surface area contributed by atoms with Crippen LogP contribution in [0.2, 0.25) is 0 Å². The standard InChI is InChI=1S/C12H24N2O2.ClH/c1-12(2)5-4-7-14(10-12)11(15)9-13-6-8-16-3;/h13H,4-10H2,1-3H3;1H. The van der Waals surface area contributed by atoms with Crippen molar-refractivity contribution in [1.29, 1.82) is 0 Å². The van der Waals surface area contributed by atoms with E-state index in [1.54, 1.807) is 7.11 Å². The van der Waals surface area contributed by atoms with Crippen LogP contribution >= 0.6 is 12.4 Å². The summed E-state index contributed by atoms with van der Waals surface area (Å²) in [7, 11) is 1.66. The van der Waals surface area contributed by atoms with E-state index in [9.17, 15) is 4.79 Å². The van der Waals surface area contributed by atoms with E-state index in [-0.39, 0.29) is 23.7 Å². The second-order valence-corrected chi connectivity index (χ2v) is 5.25. The first-order valence-corrected chi connectivity index (χ1v) is 6.02. The second-order valence-electron chi connectivity index (χ2n) is 5.25. The van der Waals surface area contributed by atoms with Gasteiger partial charge in [0, 0.05) is 26.7 Å². The summed E-state index contributed by atoms with van der Waals surface area (Å²) < 4.78 is 4.91. The molecule has 1 heterocycles. The van der Waals surface area contributed by atoms with E-state index in [1.807, 2.05) is 4.90 Å². The van der Waals surface area contributed by atoms with Crippen molar-refractivity contribution < 1.29 is 9.53 Å². The fraction of sp³-hybridized carbons (Fsp3) is 0.917. The molecule has 0 aromatic rings. The highest BCUT2D eigenvalue weighted by Gasteiger charge is 2.28. The van der Waals surface area contributed by atoms with Gasteiger partial charge in [-0.05, 0) is 18.3 Å². The third-order valence-electron chi connectivity index (χ3n) is 3.01. The van der Waals surface area contributed by atoms with Crippen LogP contribution in [0.3, 0.4) is 0 Å². The molecule has 0 bridgehead atoms. The van der Waals surface area contributed by atoms with Gasteiger partial charge in [0.2, 0.25) is 5.91 Å². The molecule has 1 fully saturated rings. The molecule has 0 unspecified atom stereocenters. The van der Waals surface area contributed by atoms with Crippen LogP contribution in [0.1, 0.15) is 26.7 Å². The largest absolute Gasteiger partial charge is 0.383 e. The molecule has 5 heteroatoms. The minimum atomic E-state index is 0. The van der Waals surface area contributed by atoms with Crippen molar-refractivity contribution in [1.82, 2.24) is 10.2 Å². The van der Waals surface area contributed by atoms with E-state index >= 15 is 0 Å². The number of nitrogens with zero attached hydrogens (tertiary/aromatic N) is 1. The Labute approximate surface area is 110 Å². The molecular formula is C12H25ClN2O2. The second kappa shape index (κ2) is 7.90. The Bertz CT molecular complexity index is 235. The predicted molar refractivity (Wildman–Crippen MR) is 71.6 cm³/mol. The zero-order valence-corrected chi connectivity index (χ0v) is 11.9. The Morgan fingerprint density at radius 1 is 1.47 bits per heavy atom. The minimum absolute atomic E-state index is 0. The van der Waals surface area contributed by atoms with E-state index in [0.29, 0.717) is 13.2 Å². The highest BCUT2D eigenvalue weighted by Crippen LogP contribution is 2.28. The van der Waals surface area contributed by atoms with Gasteiger partial charge in [-0.25, -0.2) is 0 Å². The highest BCUT2D eigenvalue weighted by atomic mass is 35.5. The van der Waals surface area contributed by atoms with Crippen LogP contribution in [-0.2, 0) is 9.53 Å². The van der Waals surface area contributed by atoms with Crippen LogP contribution in [0.4, 0.5) is 0 Å². The van der Waals surface area contributed by atoms with Crippen molar-refractivity contribution in [2.24, 2.45) is 5.41 Å². The van der Waals surface area contributed by atoms with Gasteiger partial charge < -0.3 is 15.0 Å². The maximum atomic E-state index is 11.9. The van der Waals surface area contributed by atoms with Crippen LogP contribution in [-0.4, -0.2) is 50.7 Å². The maximum Gasteiger partial charge on any atom is 0.236 e. The van der Waals surface area contributed by atoms with E-state index < -0.39 is 0 Å². The molecule has 0 atom stereocenters. The molecule has 1 aliphatic heterocycles. The Kier molecular flexibility index (Phi) is 7.75. The lowest BCUT2D eigenvalue weighted by atomic mass is 9.84. The summed E-state index contributed by atoms with van der Waals surface area (Å²) in [4.78, 5) is 13.8. The molecule has 0 aromatic heterocycles. The summed E-state index contributed by atoms with van der Waals surface area (Å²) in [6, 6.07) is 0. The lowest BCUT2D eigenvalue weighted by molar-refractivity contribution is -0.133. The van der Waals surface area contributed by atoms with Crippen molar-refractivity contribution in [3.63, 3.8) is 0 Å². The van der Waals surface area contributed by atoms with Gasteiger partial charge in [-0.15, -0.1) is 12.4 Å². The fourth-order valence-corrected chi connectivity index (χ4v) is 2.12. The van der Waals surface area contributed by atoms with E-state index in [4.69, 9.17) is 4.74 Å². The zero-order chi connectivity index (χ0) is 12.0. The average Bonchev–Trinajstić information content (AvgIpc) is 2.22. The topological polar surface area (TPSA) is 41.6 Å². The Morgan fingerprint density at radius 3 is 2.76 bits per heavy atom. The molecule has 0 aliphatic carbocycles. The molecule has 0 radical (unpaired) electrons. The number of ether oxygens (including phenoxy) is 1. The van der Waals surface area contributed by atoms with Crippen LogP contribution < -0.4 is 5.32 Å². The third kappa shape index (κ3) is 6.24. The average molecular weight is 265 g/mol. The van der Waals surface area contributed by atoms with Gasteiger partial charge in [-0.1, -0.05) is 13.8 Å². The number of likely N-dealkylation sites (tertiary alicyclic amines) is 1.